The SMILES string of the molecule is CCCCCc1ccc(Cc2ccc(CCC(N)(CO)CO)cc2)cc1. The molecule has 0 amide bonds. The van der Waals surface area contributed by atoms with E-state index in [-0.39, 0.29) is 13.2 Å². The number of rotatable bonds is 11. The van der Waals surface area contributed by atoms with Crippen molar-refractivity contribution in [2.24, 2.45) is 5.73 Å². The summed E-state index contributed by atoms with van der Waals surface area (Å²) in [7, 11) is 0. The van der Waals surface area contributed by atoms with Crippen LogP contribution in [0, 0.1) is 0 Å². The van der Waals surface area contributed by atoms with Crippen LogP contribution < -0.4 is 5.73 Å². The van der Waals surface area contributed by atoms with Crippen molar-refractivity contribution < 1.29 is 10.2 Å². The van der Waals surface area contributed by atoms with Crippen molar-refractivity contribution in [2.45, 2.75) is 57.4 Å². The van der Waals surface area contributed by atoms with Gasteiger partial charge in [0.2, 0.25) is 0 Å². The van der Waals surface area contributed by atoms with Gasteiger partial charge in [-0.05, 0) is 54.4 Å². The Morgan fingerprint density at radius 3 is 1.65 bits per heavy atom. The zero-order chi connectivity index (χ0) is 18.8. The number of aliphatic hydroxyl groups is 2. The van der Waals surface area contributed by atoms with E-state index in [0.29, 0.717) is 6.42 Å². The lowest BCUT2D eigenvalue weighted by molar-refractivity contribution is 0.115. The Morgan fingerprint density at radius 1 is 0.731 bits per heavy atom. The van der Waals surface area contributed by atoms with Crippen molar-refractivity contribution in [3.63, 3.8) is 0 Å². The van der Waals surface area contributed by atoms with Crippen LogP contribution in [0.5, 0.6) is 0 Å². The quantitative estimate of drug-likeness (QED) is 0.539. The fourth-order valence-corrected chi connectivity index (χ4v) is 3.06. The average molecular weight is 356 g/mol. The van der Waals surface area contributed by atoms with Gasteiger partial charge in [0, 0.05) is 0 Å². The monoisotopic (exact) mass is 355 g/mol. The summed E-state index contributed by atoms with van der Waals surface area (Å²) in [5, 5.41) is 18.5. The maximum absolute atomic E-state index is 9.27. The second kappa shape index (κ2) is 10.5. The van der Waals surface area contributed by atoms with Gasteiger partial charge < -0.3 is 15.9 Å². The molecule has 2 rings (SSSR count). The van der Waals surface area contributed by atoms with Crippen LogP contribution in [0.3, 0.4) is 0 Å². The van der Waals surface area contributed by atoms with Crippen molar-refractivity contribution in [3.05, 3.63) is 70.8 Å². The van der Waals surface area contributed by atoms with Gasteiger partial charge in [-0.25, -0.2) is 0 Å². The van der Waals surface area contributed by atoms with Gasteiger partial charge in [0.25, 0.3) is 0 Å². The zero-order valence-electron chi connectivity index (χ0n) is 16.0. The van der Waals surface area contributed by atoms with Gasteiger partial charge in [-0.2, -0.15) is 0 Å². The van der Waals surface area contributed by atoms with Gasteiger partial charge in [0.05, 0.1) is 18.8 Å². The van der Waals surface area contributed by atoms with Crippen LogP contribution in [0.2, 0.25) is 0 Å². The van der Waals surface area contributed by atoms with E-state index in [1.807, 2.05) is 0 Å². The summed E-state index contributed by atoms with van der Waals surface area (Å²) in [5.41, 5.74) is 10.3. The summed E-state index contributed by atoms with van der Waals surface area (Å²) in [4.78, 5) is 0. The Kier molecular flexibility index (Phi) is 8.30. The molecule has 0 atom stereocenters. The number of benzene rings is 2. The molecule has 142 valence electrons. The maximum Gasteiger partial charge on any atom is 0.0633 e. The lowest BCUT2D eigenvalue weighted by Crippen LogP contribution is -2.47. The van der Waals surface area contributed by atoms with Crippen LogP contribution in [0.15, 0.2) is 48.5 Å². The topological polar surface area (TPSA) is 66.5 Å². The van der Waals surface area contributed by atoms with Crippen molar-refractivity contribution in [1.29, 1.82) is 0 Å². The molecule has 0 saturated carbocycles. The highest BCUT2D eigenvalue weighted by Crippen LogP contribution is 2.16. The molecule has 2 aromatic rings. The minimum atomic E-state index is -0.891. The molecule has 4 N–H and O–H groups in total. The van der Waals surface area contributed by atoms with Gasteiger partial charge >= 0.3 is 0 Å². The smallest absolute Gasteiger partial charge is 0.0633 e. The summed E-state index contributed by atoms with van der Waals surface area (Å²) < 4.78 is 0. The van der Waals surface area contributed by atoms with Crippen LogP contribution in [-0.2, 0) is 19.3 Å². The van der Waals surface area contributed by atoms with Crippen LogP contribution in [-0.4, -0.2) is 29.0 Å². The second-order valence-corrected chi connectivity index (χ2v) is 7.45. The van der Waals surface area contributed by atoms with Crippen LogP contribution >= 0.6 is 0 Å². The molecule has 0 bridgehead atoms. The summed E-state index contributed by atoms with van der Waals surface area (Å²) in [6, 6.07) is 17.5. The fraction of sp³-hybridized carbons (Fsp3) is 0.478. The first kappa shape index (κ1) is 20.6. The van der Waals surface area contributed by atoms with Crippen LogP contribution in [0.25, 0.3) is 0 Å². The highest BCUT2D eigenvalue weighted by atomic mass is 16.3. The summed E-state index contributed by atoms with van der Waals surface area (Å²) in [5.74, 6) is 0. The van der Waals surface area contributed by atoms with Crippen LogP contribution in [0.4, 0.5) is 0 Å². The van der Waals surface area contributed by atoms with E-state index in [0.717, 1.165) is 12.8 Å². The number of unbranched alkanes of at least 4 members (excludes halogenated alkanes) is 2. The number of hydrogen-bond acceptors (Lipinski definition) is 3. The van der Waals surface area contributed by atoms with E-state index in [1.165, 1.54) is 47.9 Å². The number of nitrogens with two attached hydrogens (primary N) is 1. The third-order valence-corrected chi connectivity index (χ3v) is 5.06. The van der Waals surface area contributed by atoms with E-state index >= 15 is 0 Å². The summed E-state index contributed by atoms with van der Waals surface area (Å²) in [6.45, 7) is 1.84. The van der Waals surface area contributed by atoms with E-state index < -0.39 is 5.54 Å². The van der Waals surface area contributed by atoms with Gasteiger partial charge in [-0.15, -0.1) is 0 Å². The molecule has 2 aromatic carbocycles. The number of aliphatic hydroxyl groups excluding tert-OH is 2. The molecule has 0 aliphatic heterocycles. The number of aryl methyl sites for hydroxylation is 2. The summed E-state index contributed by atoms with van der Waals surface area (Å²) >= 11 is 0. The van der Waals surface area contributed by atoms with E-state index in [1.54, 1.807) is 0 Å². The standard InChI is InChI=1S/C23H33NO2/c1-2-3-4-5-19-6-10-21(11-7-19)16-22-12-8-20(9-13-22)14-15-23(24,17-25)18-26/h6-13,25-26H,2-5,14-18,24H2,1H3. The molecule has 0 fully saturated rings. The van der Waals surface area contributed by atoms with E-state index in [4.69, 9.17) is 5.73 Å². The Morgan fingerprint density at radius 2 is 1.19 bits per heavy atom. The van der Waals surface area contributed by atoms with Crippen LogP contribution in [0.1, 0.15) is 54.9 Å². The van der Waals surface area contributed by atoms with Gasteiger partial charge in [0.1, 0.15) is 0 Å². The van der Waals surface area contributed by atoms with Crippen molar-refractivity contribution in [3.8, 4) is 0 Å². The van der Waals surface area contributed by atoms with E-state index in [2.05, 4.69) is 55.5 Å². The fourth-order valence-electron chi connectivity index (χ4n) is 3.06. The molecule has 0 unspecified atom stereocenters. The van der Waals surface area contributed by atoms with Crippen molar-refractivity contribution in [1.82, 2.24) is 0 Å². The predicted molar refractivity (Wildman–Crippen MR) is 108 cm³/mol. The summed E-state index contributed by atoms with van der Waals surface area (Å²) in [6.07, 6.45) is 7.27. The Balaban J connectivity index is 1.86. The molecular formula is C23H33NO2. The molecule has 0 aromatic heterocycles. The van der Waals surface area contributed by atoms with E-state index in [9.17, 15) is 10.2 Å². The first-order valence-corrected chi connectivity index (χ1v) is 9.75. The highest BCUT2D eigenvalue weighted by Gasteiger charge is 2.22. The zero-order valence-corrected chi connectivity index (χ0v) is 16.0. The molecule has 3 nitrogen and oxygen atoms in total. The minimum absolute atomic E-state index is 0.198. The second-order valence-electron chi connectivity index (χ2n) is 7.45. The molecule has 3 heteroatoms. The Labute approximate surface area is 157 Å². The molecule has 0 heterocycles. The predicted octanol–water partition coefficient (Wildman–Crippen LogP) is 3.62. The highest BCUT2D eigenvalue weighted by molar-refractivity contribution is 5.30. The van der Waals surface area contributed by atoms with Gasteiger partial charge in [-0.1, -0.05) is 68.3 Å². The molecule has 0 spiro atoms. The Bertz CT molecular complexity index is 630. The first-order chi connectivity index (χ1) is 12.6. The molecular weight excluding hydrogens is 322 g/mol. The largest absolute Gasteiger partial charge is 0.394 e. The first-order valence-electron chi connectivity index (χ1n) is 9.75. The molecule has 26 heavy (non-hydrogen) atoms. The molecule has 0 saturated heterocycles. The third-order valence-electron chi connectivity index (χ3n) is 5.06. The molecule has 0 aliphatic carbocycles. The number of hydrogen-bond donors (Lipinski definition) is 3. The third kappa shape index (κ3) is 6.56. The average Bonchev–Trinajstić information content (AvgIpc) is 2.69. The van der Waals surface area contributed by atoms with Gasteiger partial charge in [0.15, 0.2) is 0 Å². The van der Waals surface area contributed by atoms with Crippen molar-refractivity contribution in [2.75, 3.05) is 13.2 Å². The van der Waals surface area contributed by atoms with Gasteiger partial charge in [-0.3, -0.25) is 0 Å². The lowest BCUT2D eigenvalue weighted by atomic mass is 9.93. The molecule has 0 aliphatic rings. The maximum atomic E-state index is 9.27. The minimum Gasteiger partial charge on any atom is -0.394 e. The molecule has 0 radical (unpaired) electrons. The Hall–Kier alpha value is -1.68. The lowest BCUT2D eigenvalue weighted by Gasteiger charge is -2.24. The van der Waals surface area contributed by atoms with Crippen molar-refractivity contribution >= 4 is 0 Å². The normalized spacial score (nSPS) is 11.7.